The third-order valence-electron chi connectivity index (χ3n) is 6.81. The number of halogens is 1. The van der Waals surface area contributed by atoms with Gasteiger partial charge in [0.2, 0.25) is 0 Å². The monoisotopic (exact) mass is 491 g/mol. The Morgan fingerprint density at radius 2 is 1.86 bits per heavy atom. The molecule has 1 heterocycles. The summed E-state index contributed by atoms with van der Waals surface area (Å²) in [6.07, 6.45) is 2.31. The highest BCUT2D eigenvalue weighted by molar-refractivity contribution is 5.94. The number of aryl methyl sites for hydroxylation is 1. The van der Waals surface area contributed by atoms with Crippen LogP contribution in [0.1, 0.15) is 67.6 Å². The fraction of sp³-hybridized carbons (Fsp3) is 0.414. The molecular weight excluding hydrogens is 457 g/mol. The first-order valence-electron chi connectivity index (χ1n) is 12.5. The average Bonchev–Trinajstić information content (AvgIpc) is 2.81. The minimum atomic E-state index is -0.326. The lowest BCUT2D eigenvalue weighted by Gasteiger charge is -2.47. The van der Waals surface area contributed by atoms with Gasteiger partial charge < -0.3 is 15.4 Å². The molecule has 36 heavy (non-hydrogen) atoms. The number of hydrogen-bond donors (Lipinski definition) is 2. The molecule has 1 saturated carbocycles. The smallest absolute Gasteiger partial charge is 0.307 e. The quantitative estimate of drug-likeness (QED) is 0.361. The zero-order valence-corrected chi connectivity index (χ0v) is 21.4. The second-order valence-electron chi connectivity index (χ2n) is 10.4. The van der Waals surface area contributed by atoms with Gasteiger partial charge in [0.1, 0.15) is 11.6 Å². The third-order valence-corrected chi connectivity index (χ3v) is 6.81. The van der Waals surface area contributed by atoms with Crippen LogP contribution in [-0.2, 0) is 9.53 Å². The molecule has 190 valence electrons. The highest BCUT2D eigenvalue weighted by Gasteiger charge is 2.41. The van der Waals surface area contributed by atoms with Crippen LogP contribution in [0.5, 0.6) is 0 Å². The maximum atomic E-state index is 13.7. The number of rotatable bonds is 9. The predicted octanol–water partition coefficient (Wildman–Crippen LogP) is 5.95. The zero-order valence-electron chi connectivity index (χ0n) is 21.4. The minimum absolute atomic E-state index is 0.0306. The summed E-state index contributed by atoms with van der Waals surface area (Å²) in [5, 5.41) is 7.21. The first kappa shape index (κ1) is 25.6. The van der Waals surface area contributed by atoms with E-state index in [1.807, 2.05) is 37.3 Å². The van der Waals surface area contributed by atoms with Crippen molar-refractivity contribution in [1.29, 1.82) is 0 Å². The molecular formula is C29H34FN3O3. The number of amides is 1. The number of anilines is 1. The Morgan fingerprint density at radius 1 is 1.14 bits per heavy atom. The highest BCUT2D eigenvalue weighted by Crippen LogP contribution is 2.51. The van der Waals surface area contributed by atoms with E-state index in [1.54, 1.807) is 13.0 Å². The van der Waals surface area contributed by atoms with E-state index in [4.69, 9.17) is 9.72 Å². The van der Waals surface area contributed by atoms with E-state index in [2.05, 4.69) is 24.5 Å². The number of pyridine rings is 1. The van der Waals surface area contributed by atoms with Crippen molar-refractivity contribution in [2.45, 2.75) is 53.0 Å². The Labute approximate surface area is 211 Å². The Hall–Kier alpha value is -3.48. The topological polar surface area (TPSA) is 80.3 Å². The van der Waals surface area contributed by atoms with Crippen molar-refractivity contribution in [3.8, 4) is 0 Å². The Morgan fingerprint density at radius 3 is 2.53 bits per heavy atom. The lowest BCUT2D eigenvalue weighted by molar-refractivity contribution is -0.142. The number of fused-ring (bicyclic) bond motifs is 1. The lowest BCUT2D eigenvalue weighted by atomic mass is 9.61. The van der Waals surface area contributed by atoms with Gasteiger partial charge in [-0.3, -0.25) is 9.59 Å². The SMILES string of the molecule is CCOC(=O)CCNC(=O)c1ccc(C(Nc2nc3ccc(F)cc3cc2C)C2CC(C)(C)C2)cc1. The number of nitrogens with zero attached hydrogens (tertiary/aromatic N) is 1. The average molecular weight is 492 g/mol. The van der Waals surface area contributed by atoms with Gasteiger partial charge in [0.15, 0.2) is 0 Å². The molecule has 1 fully saturated rings. The van der Waals surface area contributed by atoms with E-state index in [1.165, 1.54) is 12.1 Å². The number of benzene rings is 2. The van der Waals surface area contributed by atoms with Gasteiger partial charge in [-0.2, -0.15) is 0 Å². The van der Waals surface area contributed by atoms with Gasteiger partial charge in [-0.05, 0) is 85.5 Å². The van der Waals surface area contributed by atoms with Crippen LogP contribution in [0, 0.1) is 24.1 Å². The molecule has 3 aromatic rings. The van der Waals surface area contributed by atoms with Crippen molar-refractivity contribution in [2.75, 3.05) is 18.5 Å². The molecule has 1 aliphatic rings. The number of aromatic nitrogens is 1. The van der Waals surface area contributed by atoms with Crippen molar-refractivity contribution < 1.29 is 18.7 Å². The molecule has 4 rings (SSSR count). The molecule has 1 unspecified atom stereocenters. The summed E-state index contributed by atoms with van der Waals surface area (Å²) < 4.78 is 18.6. The lowest BCUT2D eigenvalue weighted by Crippen LogP contribution is -2.38. The largest absolute Gasteiger partial charge is 0.466 e. The Kier molecular flexibility index (Phi) is 7.57. The van der Waals surface area contributed by atoms with Crippen LogP contribution < -0.4 is 10.6 Å². The highest BCUT2D eigenvalue weighted by atomic mass is 19.1. The molecule has 1 atom stereocenters. The van der Waals surface area contributed by atoms with Crippen molar-refractivity contribution >= 4 is 28.6 Å². The predicted molar refractivity (Wildman–Crippen MR) is 139 cm³/mol. The minimum Gasteiger partial charge on any atom is -0.466 e. The van der Waals surface area contributed by atoms with Crippen molar-refractivity contribution in [3.63, 3.8) is 0 Å². The van der Waals surface area contributed by atoms with Crippen LogP contribution in [0.15, 0.2) is 48.5 Å². The van der Waals surface area contributed by atoms with Crippen molar-refractivity contribution in [2.24, 2.45) is 11.3 Å². The van der Waals surface area contributed by atoms with E-state index in [9.17, 15) is 14.0 Å². The van der Waals surface area contributed by atoms with E-state index >= 15 is 0 Å². The van der Waals surface area contributed by atoms with Gasteiger partial charge >= 0.3 is 5.97 Å². The molecule has 0 radical (unpaired) electrons. The molecule has 6 nitrogen and oxygen atoms in total. The van der Waals surface area contributed by atoms with E-state index in [0.717, 1.165) is 40.7 Å². The third kappa shape index (κ3) is 6.01. The van der Waals surface area contributed by atoms with Crippen LogP contribution in [0.4, 0.5) is 10.2 Å². The summed E-state index contributed by atoms with van der Waals surface area (Å²) in [7, 11) is 0. The van der Waals surface area contributed by atoms with Crippen LogP contribution in [0.3, 0.4) is 0 Å². The van der Waals surface area contributed by atoms with Crippen molar-refractivity contribution in [3.05, 3.63) is 71.0 Å². The number of nitrogens with one attached hydrogen (secondary N) is 2. The maximum absolute atomic E-state index is 13.7. The molecule has 1 aromatic heterocycles. The van der Waals surface area contributed by atoms with Gasteiger partial charge in [0.25, 0.3) is 5.91 Å². The molecule has 0 aliphatic heterocycles. The Balaban J connectivity index is 1.51. The van der Waals surface area contributed by atoms with Gasteiger partial charge in [-0.25, -0.2) is 9.37 Å². The molecule has 2 N–H and O–H groups in total. The fourth-order valence-electron chi connectivity index (χ4n) is 5.07. The number of carbonyl (C=O) groups excluding carboxylic acids is 2. The molecule has 1 aliphatic carbocycles. The second kappa shape index (κ2) is 10.6. The maximum Gasteiger partial charge on any atom is 0.307 e. The van der Waals surface area contributed by atoms with E-state index in [0.29, 0.717) is 23.5 Å². The second-order valence-corrected chi connectivity index (χ2v) is 10.4. The molecule has 0 bridgehead atoms. The molecule has 0 saturated heterocycles. The Bertz CT molecular complexity index is 1250. The summed E-state index contributed by atoms with van der Waals surface area (Å²) in [5.74, 6) is 0.385. The summed E-state index contributed by atoms with van der Waals surface area (Å²) >= 11 is 0. The van der Waals surface area contributed by atoms with Gasteiger partial charge in [-0.1, -0.05) is 26.0 Å². The standard InChI is InChI=1S/C29H34FN3O3/c1-5-36-25(34)12-13-31-28(35)20-8-6-19(7-9-20)26(22-16-29(3,4)17-22)33-27-18(2)14-21-15-23(30)10-11-24(21)32-27/h6-11,14-15,22,26H,5,12-13,16-17H2,1-4H3,(H,31,35)(H,32,33). The summed E-state index contributed by atoms with van der Waals surface area (Å²) in [4.78, 5) is 28.8. The zero-order chi connectivity index (χ0) is 25.9. The number of carbonyl (C=O) groups is 2. The number of esters is 1. The molecule has 1 amide bonds. The summed E-state index contributed by atoms with van der Waals surface area (Å²) in [5.41, 5.74) is 3.62. The first-order chi connectivity index (χ1) is 17.1. The fourth-order valence-corrected chi connectivity index (χ4v) is 5.07. The summed E-state index contributed by atoms with van der Waals surface area (Å²) in [6.45, 7) is 8.84. The van der Waals surface area contributed by atoms with E-state index in [-0.39, 0.29) is 36.7 Å². The molecule has 2 aromatic carbocycles. The van der Waals surface area contributed by atoms with Crippen LogP contribution in [0.25, 0.3) is 10.9 Å². The molecule has 0 spiro atoms. The van der Waals surface area contributed by atoms with Gasteiger partial charge in [0, 0.05) is 17.5 Å². The van der Waals surface area contributed by atoms with Crippen molar-refractivity contribution in [1.82, 2.24) is 10.3 Å². The molecule has 7 heteroatoms. The normalized spacial score (nSPS) is 15.7. The van der Waals surface area contributed by atoms with Gasteiger partial charge in [0.05, 0.1) is 24.6 Å². The number of ether oxygens (including phenoxy) is 1. The summed E-state index contributed by atoms with van der Waals surface area (Å²) in [6, 6.07) is 14.2. The van der Waals surface area contributed by atoms with Crippen LogP contribution in [-0.4, -0.2) is 30.0 Å². The number of hydrogen-bond acceptors (Lipinski definition) is 5. The van der Waals surface area contributed by atoms with Crippen LogP contribution >= 0.6 is 0 Å². The first-order valence-corrected chi connectivity index (χ1v) is 12.5. The van der Waals surface area contributed by atoms with Crippen LogP contribution in [0.2, 0.25) is 0 Å². The van der Waals surface area contributed by atoms with E-state index < -0.39 is 0 Å². The van der Waals surface area contributed by atoms with Gasteiger partial charge in [-0.15, -0.1) is 0 Å².